The maximum atomic E-state index is 11.9. The van der Waals surface area contributed by atoms with Crippen LogP contribution in [0.2, 0.25) is 0 Å². The summed E-state index contributed by atoms with van der Waals surface area (Å²) in [6.07, 6.45) is 7.56. The summed E-state index contributed by atoms with van der Waals surface area (Å²) in [7, 11) is 0. The molecular formula is C15H27NO3. The number of carbonyl (C=O) groups excluding carboxylic acids is 1. The van der Waals surface area contributed by atoms with Gasteiger partial charge in [0.15, 0.2) is 0 Å². The minimum atomic E-state index is -1.11. The Bertz CT molecular complexity index is 309. The van der Waals surface area contributed by atoms with Crippen molar-refractivity contribution in [2.24, 2.45) is 11.3 Å². The van der Waals surface area contributed by atoms with E-state index >= 15 is 0 Å². The van der Waals surface area contributed by atoms with Gasteiger partial charge < -0.3 is 10.4 Å². The number of amides is 1. The first kappa shape index (κ1) is 16.0. The molecule has 4 nitrogen and oxygen atoms in total. The Morgan fingerprint density at radius 1 is 1.16 bits per heavy atom. The molecule has 0 heterocycles. The van der Waals surface area contributed by atoms with Crippen LogP contribution in [0, 0.1) is 11.3 Å². The Morgan fingerprint density at radius 2 is 1.79 bits per heavy atom. The Balaban J connectivity index is 2.09. The summed E-state index contributed by atoms with van der Waals surface area (Å²) in [4.78, 5) is 23.0. The van der Waals surface area contributed by atoms with E-state index in [9.17, 15) is 9.59 Å². The number of carboxylic acids is 1. The van der Waals surface area contributed by atoms with Crippen molar-refractivity contribution in [3.8, 4) is 0 Å². The molecule has 0 unspecified atom stereocenters. The van der Waals surface area contributed by atoms with Crippen molar-refractivity contribution in [1.82, 2.24) is 5.32 Å². The zero-order valence-corrected chi connectivity index (χ0v) is 12.2. The third kappa shape index (κ3) is 4.51. The highest BCUT2D eigenvalue weighted by molar-refractivity contribution is 6.02. The van der Waals surface area contributed by atoms with E-state index in [0.717, 1.165) is 25.2 Å². The van der Waals surface area contributed by atoms with E-state index < -0.39 is 11.4 Å². The second-order valence-electron chi connectivity index (χ2n) is 6.09. The molecule has 0 atom stereocenters. The highest BCUT2D eigenvalue weighted by Gasteiger charge is 2.50. The van der Waals surface area contributed by atoms with Crippen molar-refractivity contribution < 1.29 is 14.7 Å². The lowest BCUT2D eigenvalue weighted by molar-refractivity contribution is -0.162. The van der Waals surface area contributed by atoms with E-state index in [2.05, 4.69) is 19.2 Å². The minimum absolute atomic E-state index is 0.284. The zero-order valence-electron chi connectivity index (χ0n) is 12.2. The van der Waals surface area contributed by atoms with Gasteiger partial charge in [-0.1, -0.05) is 46.0 Å². The lowest BCUT2D eigenvalue weighted by atomic mass is 9.68. The van der Waals surface area contributed by atoms with Crippen molar-refractivity contribution in [1.29, 1.82) is 0 Å². The maximum absolute atomic E-state index is 11.9. The predicted octanol–water partition coefficient (Wildman–Crippen LogP) is 2.96. The number of aliphatic carboxylic acids is 1. The molecule has 1 rings (SSSR count). The smallest absolute Gasteiger partial charge is 0.319 e. The molecule has 1 fully saturated rings. The molecule has 0 aromatic heterocycles. The first-order chi connectivity index (χ1) is 8.99. The van der Waals surface area contributed by atoms with Gasteiger partial charge in [-0.15, -0.1) is 0 Å². The first-order valence-electron chi connectivity index (χ1n) is 7.51. The summed E-state index contributed by atoms with van der Waals surface area (Å²) in [6, 6.07) is 0. The number of carbonyl (C=O) groups is 2. The van der Waals surface area contributed by atoms with Crippen molar-refractivity contribution in [3.63, 3.8) is 0 Å². The van der Waals surface area contributed by atoms with Gasteiger partial charge in [0.25, 0.3) is 0 Å². The minimum Gasteiger partial charge on any atom is -0.480 e. The fourth-order valence-electron chi connectivity index (χ4n) is 2.47. The van der Waals surface area contributed by atoms with E-state index in [1.54, 1.807) is 0 Å². The summed E-state index contributed by atoms with van der Waals surface area (Å²) < 4.78 is 0. The Kier molecular flexibility index (Phi) is 6.32. The van der Waals surface area contributed by atoms with Gasteiger partial charge in [-0.05, 0) is 25.2 Å². The molecule has 0 bridgehead atoms. The molecule has 0 spiro atoms. The fourth-order valence-corrected chi connectivity index (χ4v) is 2.47. The van der Waals surface area contributed by atoms with Gasteiger partial charge in [-0.25, -0.2) is 0 Å². The van der Waals surface area contributed by atoms with Crippen molar-refractivity contribution in [3.05, 3.63) is 0 Å². The van der Waals surface area contributed by atoms with Crippen LogP contribution in [0.4, 0.5) is 0 Å². The maximum Gasteiger partial charge on any atom is 0.319 e. The fraction of sp³-hybridized carbons (Fsp3) is 0.867. The lowest BCUT2D eigenvalue weighted by Gasteiger charge is -2.35. The third-order valence-electron chi connectivity index (χ3n) is 4.04. The van der Waals surface area contributed by atoms with Gasteiger partial charge in [0.1, 0.15) is 5.41 Å². The molecule has 0 radical (unpaired) electrons. The molecule has 0 aromatic rings. The Hall–Kier alpha value is -1.06. The highest BCUT2D eigenvalue weighted by atomic mass is 16.4. The molecule has 1 aliphatic rings. The molecule has 0 aromatic carbocycles. The number of nitrogens with one attached hydrogen (secondary N) is 1. The van der Waals surface area contributed by atoms with Crippen molar-refractivity contribution in [2.45, 2.75) is 65.2 Å². The standard InChI is InChI=1S/C15H27NO3/c1-12(2)8-5-3-4-6-11-16-13(17)15(14(18)19)9-7-10-15/h12H,3-11H2,1-2H3,(H,16,17)(H,18,19). The van der Waals surface area contributed by atoms with Crippen molar-refractivity contribution >= 4 is 11.9 Å². The highest BCUT2D eigenvalue weighted by Crippen LogP contribution is 2.41. The van der Waals surface area contributed by atoms with Gasteiger partial charge in [0.2, 0.25) is 5.91 Å². The molecule has 110 valence electrons. The van der Waals surface area contributed by atoms with Crippen LogP contribution in [0.15, 0.2) is 0 Å². The quantitative estimate of drug-likeness (QED) is 0.499. The third-order valence-corrected chi connectivity index (χ3v) is 4.04. The second kappa shape index (κ2) is 7.51. The van der Waals surface area contributed by atoms with E-state index in [1.807, 2.05) is 0 Å². The molecule has 0 saturated heterocycles. The first-order valence-corrected chi connectivity index (χ1v) is 7.51. The topological polar surface area (TPSA) is 66.4 Å². The van der Waals surface area contributed by atoms with Crippen molar-refractivity contribution in [2.75, 3.05) is 6.54 Å². The van der Waals surface area contributed by atoms with Crippen LogP contribution in [-0.4, -0.2) is 23.5 Å². The van der Waals surface area contributed by atoms with Crippen LogP contribution in [0.3, 0.4) is 0 Å². The van der Waals surface area contributed by atoms with Crippen LogP contribution in [0.25, 0.3) is 0 Å². The normalized spacial score (nSPS) is 17.0. The van der Waals surface area contributed by atoms with Gasteiger partial charge >= 0.3 is 5.97 Å². The molecule has 1 saturated carbocycles. The number of hydrogen-bond donors (Lipinski definition) is 2. The number of unbranched alkanes of at least 4 members (excludes halogenated alkanes) is 3. The Morgan fingerprint density at radius 3 is 2.26 bits per heavy atom. The summed E-state index contributed by atoms with van der Waals surface area (Å²) >= 11 is 0. The monoisotopic (exact) mass is 269 g/mol. The second-order valence-corrected chi connectivity index (χ2v) is 6.09. The van der Waals surface area contributed by atoms with Crippen LogP contribution in [0.1, 0.15) is 65.2 Å². The van der Waals surface area contributed by atoms with Crippen LogP contribution < -0.4 is 5.32 Å². The summed E-state index contributed by atoms with van der Waals surface area (Å²) in [5.74, 6) is -0.490. The molecule has 1 amide bonds. The van der Waals surface area contributed by atoms with Crippen LogP contribution in [-0.2, 0) is 9.59 Å². The largest absolute Gasteiger partial charge is 0.480 e. The Labute approximate surface area is 116 Å². The van der Waals surface area contributed by atoms with Crippen LogP contribution >= 0.6 is 0 Å². The van der Waals surface area contributed by atoms with E-state index in [1.165, 1.54) is 19.3 Å². The lowest BCUT2D eigenvalue weighted by Crippen LogP contribution is -2.51. The number of carboxylic acid groups (broad SMARTS) is 1. The summed E-state index contributed by atoms with van der Waals surface area (Å²) in [5, 5.41) is 11.9. The molecule has 4 heteroatoms. The van der Waals surface area contributed by atoms with E-state index in [0.29, 0.717) is 19.4 Å². The van der Waals surface area contributed by atoms with E-state index in [-0.39, 0.29) is 5.91 Å². The predicted molar refractivity (Wildman–Crippen MR) is 74.9 cm³/mol. The average Bonchev–Trinajstić information content (AvgIpc) is 2.25. The van der Waals surface area contributed by atoms with Gasteiger partial charge in [0.05, 0.1) is 0 Å². The van der Waals surface area contributed by atoms with Crippen LogP contribution in [0.5, 0.6) is 0 Å². The molecule has 0 aliphatic heterocycles. The summed E-state index contributed by atoms with van der Waals surface area (Å²) in [6.45, 7) is 5.06. The zero-order chi connectivity index (χ0) is 14.3. The van der Waals surface area contributed by atoms with Gasteiger partial charge in [-0.3, -0.25) is 9.59 Å². The molecule has 19 heavy (non-hydrogen) atoms. The average molecular weight is 269 g/mol. The molecule has 2 N–H and O–H groups in total. The number of hydrogen-bond acceptors (Lipinski definition) is 2. The SMILES string of the molecule is CC(C)CCCCCCNC(=O)C1(C(=O)O)CCC1. The summed E-state index contributed by atoms with van der Waals surface area (Å²) in [5.41, 5.74) is -1.11. The molecule has 1 aliphatic carbocycles. The van der Waals surface area contributed by atoms with Gasteiger partial charge in [-0.2, -0.15) is 0 Å². The van der Waals surface area contributed by atoms with E-state index in [4.69, 9.17) is 5.11 Å². The number of rotatable bonds is 9. The van der Waals surface area contributed by atoms with Gasteiger partial charge in [0, 0.05) is 6.54 Å². The molecular weight excluding hydrogens is 242 g/mol.